The summed E-state index contributed by atoms with van der Waals surface area (Å²) in [6.45, 7) is 8.84. The minimum absolute atomic E-state index is 0.0466. The van der Waals surface area contributed by atoms with Crippen molar-refractivity contribution in [2.75, 3.05) is 0 Å². The second-order valence-corrected chi connectivity index (χ2v) is 8.61. The molecule has 2 aromatic heterocycles. The van der Waals surface area contributed by atoms with E-state index < -0.39 is 23.1 Å². The van der Waals surface area contributed by atoms with Gasteiger partial charge in [0.25, 0.3) is 0 Å². The molecular formula is C25H28O6. The van der Waals surface area contributed by atoms with Crippen molar-refractivity contribution in [3.8, 4) is 0 Å². The lowest BCUT2D eigenvalue weighted by atomic mass is 9.95. The molecule has 2 aliphatic rings. The lowest BCUT2D eigenvalue weighted by Crippen LogP contribution is -2.29. The maximum absolute atomic E-state index is 12.4. The van der Waals surface area contributed by atoms with Crippen LogP contribution in [-0.4, -0.2) is 11.9 Å². The highest BCUT2D eigenvalue weighted by Crippen LogP contribution is 2.51. The van der Waals surface area contributed by atoms with Crippen LogP contribution in [0.1, 0.15) is 75.1 Å². The van der Waals surface area contributed by atoms with Crippen LogP contribution in [0.15, 0.2) is 64.2 Å². The summed E-state index contributed by atoms with van der Waals surface area (Å²) >= 11 is 0. The van der Waals surface area contributed by atoms with Gasteiger partial charge in [0.05, 0.1) is 6.26 Å². The standard InChI is InChI=1S/C25H28O6/c1-4-22(26)30-24(12-5-6-13-24)21-10-9-19(29-21)18-11-14-25(16-18,20-8-7-15-28-20)31-23(27)17(2)3/h4,7-10,15,18H,1-2,5-6,11-14,16H2,3H3/t18-,25?/m1/s1. The number of rotatable bonds is 7. The van der Waals surface area contributed by atoms with Crippen molar-refractivity contribution in [1.29, 1.82) is 0 Å². The SMILES string of the molecule is C=CC(=O)OC1(c2ccc([C@@H]3CCC(OC(=O)C(=C)C)(c4ccco4)C3)o2)CCCC1. The lowest BCUT2D eigenvalue weighted by Gasteiger charge is -2.27. The second-order valence-electron chi connectivity index (χ2n) is 8.61. The minimum Gasteiger partial charge on any atom is -0.465 e. The van der Waals surface area contributed by atoms with Crippen LogP contribution >= 0.6 is 0 Å². The van der Waals surface area contributed by atoms with Gasteiger partial charge in [-0.3, -0.25) is 0 Å². The first kappa shape index (κ1) is 21.2. The summed E-state index contributed by atoms with van der Waals surface area (Å²) in [5.41, 5.74) is -1.23. The molecule has 164 valence electrons. The predicted octanol–water partition coefficient (Wildman–Crippen LogP) is 5.65. The average Bonchev–Trinajstić information content (AvgIpc) is 3.54. The van der Waals surface area contributed by atoms with E-state index in [1.165, 1.54) is 6.08 Å². The zero-order valence-electron chi connectivity index (χ0n) is 17.9. The van der Waals surface area contributed by atoms with E-state index in [0.29, 0.717) is 29.9 Å². The molecule has 2 fully saturated rings. The summed E-state index contributed by atoms with van der Waals surface area (Å²) in [6.07, 6.45) is 8.13. The van der Waals surface area contributed by atoms with E-state index in [4.69, 9.17) is 18.3 Å². The highest BCUT2D eigenvalue weighted by Gasteiger charge is 2.48. The summed E-state index contributed by atoms with van der Waals surface area (Å²) < 4.78 is 23.5. The molecule has 1 unspecified atom stereocenters. The quantitative estimate of drug-likeness (QED) is 0.422. The Morgan fingerprint density at radius 2 is 1.87 bits per heavy atom. The van der Waals surface area contributed by atoms with Gasteiger partial charge in [0.15, 0.2) is 11.2 Å². The smallest absolute Gasteiger partial charge is 0.334 e. The fourth-order valence-corrected chi connectivity index (χ4v) is 4.82. The van der Waals surface area contributed by atoms with Crippen LogP contribution in [0.25, 0.3) is 0 Å². The van der Waals surface area contributed by atoms with Crippen LogP contribution < -0.4 is 0 Å². The number of carbonyl (C=O) groups excluding carboxylic acids is 2. The Bertz CT molecular complexity index is 976. The largest absolute Gasteiger partial charge is 0.465 e. The van der Waals surface area contributed by atoms with Crippen molar-refractivity contribution >= 4 is 11.9 Å². The van der Waals surface area contributed by atoms with Crippen molar-refractivity contribution in [2.24, 2.45) is 0 Å². The molecule has 0 aliphatic heterocycles. The first-order valence-electron chi connectivity index (χ1n) is 10.8. The Morgan fingerprint density at radius 3 is 2.52 bits per heavy atom. The summed E-state index contributed by atoms with van der Waals surface area (Å²) in [7, 11) is 0. The lowest BCUT2D eigenvalue weighted by molar-refractivity contribution is -0.158. The van der Waals surface area contributed by atoms with Crippen molar-refractivity contribution in [3.05, 3.63) is 72.6 Å². The maximum Gasteiger partial charge on any atom is 0.334 e. The van der Waals surface area contributed by atoms with Crippen molar-refractivity contribution in [3.63, 3.8) is 0 Å². The topological polar surface area (TPSA) is 78.9 Å². The number of esters is 2. The Balaban J connectivity index is 1.58. The van der Waals surface area contributed by atoms with Gasteiger partial charge in [0, 0.05) is 24.0 Å². The Morgan fingerprint density at radius 1 is 1.10 bits per heavy atom. The number of furan rings is 2. The average molecular weight is 424 g/mol. The van der Waals surface area contributed by atoms with Gasteiger partial charge < -0.3 is 18.3 Å². The zero-order chi connectivity index (χ0) is 22.1. The van der Waals surface area contributed by atoms with Crippen LogP contribution in [-0.2, 0) is 30.3 Å². The van der Waals surface area contributed by atoms with Gasteiger partial charge in [-0.25, -0.2) is 9.59 Å². The van der Waals surface area contributed by atoms with Crippen LogP contribution in [0.3, 0.4) is 0 Å². The molecule has 2 atom stereocenters. The van der Waals surface area contributed by atoms with E-state index in [1.807, 2.05) is 18.2 Å². The summed E-state index contributed by atoms with van der Waals surface area (Å²) in [5, 5.41) is 0. The maximum atomic E-state index is 12.4. The molecule has 4 rings (SSSR count). The molecule has 0 amide bonds. The van der Waals surface area contributed by atoms with E-state index >= 15 is 0 Å². The van der Waals surface area contributed by atoms with E-state index in [0.717, 1.165) is 37.9 Å². The fourth-order valence-electron chi connectivity index (χ4n) is 4.82. The first-order valence-corrected chi connectivity index (χ1v) is 10.8. The number of ether oxygens (including phenoxy) is 2. The third-order valence-electron chi connectivity index (χ3n) is 6.43. The Labute approximate surface area is 181 Å². The number of hydrogen-bond donors (Lipinski definition) is 0. The molecule has 2 saturated carbocycles. The highest BCUT2D eigenvalue weighted by atomic mass is 16.6. The Hall–Kier alpha value is -3.02. The molecular weight excluding hydrogens is 396 g/mol. The third-order valence-corrected chi connectivity index (χ3v) is 6.43. The van der Waals surface area contributed by atoms with Gasteiger partial charge in [0.1, 0.15) is 17.3 Å². The van der Waals surface area contributed by atoms with Crippen molar-refractivity contribution in [1.82, 2.24) is 0 Å². The molecule has 6 nitrogen and oxygen atoms in total. The third kappa shape index (κ3) is 3.99. The first-order chi connectivity index (χ1) is 14.9. The van der Waals surface area contributed by atoms with Crippen molar-refractivity contribution in [2.45, 2.75) is 69.0 Å². The molecule has 0 N–H and O–H groups in total. The summed E-state index contributed by atoms with van der Waals surface area (Å²) in [4.78, 5) is 24.3. The van der Waals surface area contributed by atoms with E-state index in [1.54, 1.807) is 19.3 Å². The molecule has 0 aromatic carbocycles. The van der Waals surface area contributed by atoms with Gasteiger partial charge >= 0.3 is 11.9 Å². The number of carbonyl (C=O) groups is 2. The van der Waals surface area contributed by atoms with Gasteiger partial charge in [-0.15, -0.1) is 0 Å². The normalized spacial score (nSPS) is 24.6. The summed E-state index contributed by atoms with van der Waals surface area (Å²) in [5.74, 6) is 1.27. The van der Waals surface area contributed by atoms with Crippen molar-refractivity contribution < 1.29 is 27.9 Å². The molecule has 2 aromatic rings. The van der Waals surface area contributed by atoms with E-state index in [2.05, 4.69) is 13.2 Å². The fraction of sp³-hybridized carbons (Fsp3) is 0.440. The van der Waals surface area contributed by atoms with Crippen LogP contribution in [0.4, 0.5) is 0 Å². The zero-order valence-corrected chi connectivity index (χ0v) is 17.9. The van der Waals surface area contributed by atoms with Crippen LogP contribution in [0, 0.1) is 0 Å². The Kier molecular flexibility index (Phi) is 5.65. The molecule has 0 radical (unpaired) electrons. The predicted molar refractivity (Wildman–Crippen MR) is 113 cm³/mol. The van der Waals surface area contributed by atoms with Gasteiger partial charge in [-0.05, 0) is 69.7 Å². The van der Waals surface area contributed by atoms with E-state index in [-0.39, 0.29) is 5.92 Å². The highest BCUT2D eigenvalue weighted by molar-refractivity contribution is 5.87. The molecule has 2 aliphatic carbocycles. The number of hydrogen-bond acceptors (Lipinski definition) is 6. The van der Waals surface area contributed by atoms with E-state index in [9.17, 15) is 9.59 Å². The summed E-state index contributed by atoms with van der Waals surface area (Å²) in [6, 6.07) is 7.48. The second kappa shape index (κ2) is 8.25. The van der Waals surface area contributed by atoms with Crippen LogP contribution in [0.2, 0.25) is 0 Å². The van der Waals surface area contributed by atoms with Gasteiger partial charge in [0.2, 0.25) is 0 Å². The molecule has 2 heterocycles. The van der Waals surface area contributed by atoms with Crippen LogP contribution in [0.5, 0.6) is 0 Å². The minimum atomic E-state index is -0.850. The molecule has 6 heteroatoms. The molecule has 31 heavy (non-hydrogen) atoms. The van der Waals surface area contributed by atoms with Gasteiger partial charge in [-0.2, -0.15) is 0 Å². The monoisotopic (exact) mass is 424 g/mol. The molecule has 0 saturated heterocycles. The van der Waals surface area contributed by atoms with Gasteiger partial charge in [-0.1, -0.05) is 13.2 Å². The molecule has 0 spiro atoms. The molecule has 0 bridgehead atoms.